The lowest BCUT2D eigenvalue weighted by Crippen LogP contribution is -2.41. The molecule has 190 valence electrons. The van der Waals surface area contributed by atoms with E-state index in [1.165, 1.54) is 0 Å². The van der Waals surface area contributed by atoms with Gasteiger partial charge >= 0.3 is 6.09 Å². The Labute approximate surface area is 221 Å². The van der Waals surface area contributed by atoms with Gasteiger partial charge in [0.1, 0.15) is 5.60 Å². The number of likely N-dealkylation sites (tertiary alicyclic amines) is 1. The predicted molar refractivity (Wildman–Crippen MR) is 141 cm³/mol. The summed E-state index contributed by atoms with van der Waals surface area (Å²) in [6.07, 6.45) is 2.66. The van der Waals surface area contributed by atoms with E-state index >= 15 is 0 Å². The maximum atomic E-state index is 13.3. The van der Waals surface area contributed by atoms with Gasteiger partial charge in [0.05, 0.1) is 23.1 Å². The zero-order valence-corrected chi connectivity index (χ0v) is 22.1. The van der Waals surface area contributed by atoms with Gasteiger partial charge in [0, 0.05) is 35.6 Å². The molecule has 2 heterocycles. The Balaban J connectivity index is 1.57. The van der Waals surface area contributed by atoms with Gasteiger partial charge in [-0.25, -0.2) is 9.48 Å². The lowest BCUT2D eigenvalue weighted by Gasteiger charge is -2.34. The van der Waals surface area contributed by atoms with Crippen molar-refractivity contribution < 1.29 is 14.3 Å². The molecule has 0 unspecified atom stereocenters. The first-order chi connectivity index (χ1) is 17.1. The smallest absolute Gasteiger partial charge is 0.410 e. The number of carbonyl (C=O) groups is 2. The number of halogens is 2. The van der Waals surface area contributed by atoms with Crippen molar-refractivity contribution in [3.8, 4) is 5.69 Å². The number of benzene rings is 2. The Hall–Kier alpha value is -3.03. The van der Waals surface area contributed by atoms with E-state index in [2.05, 4.69) is 10.4 Å². The SMILES string of the molecule is CC(C)(C)OC(=O)N1CCC(c2c(C(=O)NCc3ccccc3Cl)cnn2-c2ccc(Cl)cc2)CC1. The zero-order chi connectivity index (χ0) is 25.9. The fraction of sp³-hybridized carbons (Fsp3) is 0.370. The third-order valence-electron chi connectivity index (χ3n) is 6.05. The molecule has 2 amide bonds. The summed E-state index contributed by atoms with van der Waals surface area (Å²) in [6.45, 7) is 6.95. The van der Waals surface area contributed by atoms with Gasteiger partial charge in [-0.2, -0.15) is 5.10 Å². The van der Waals surface area contributed by atoms with E-state index in [-0.39, 0.29) is 17.9 Å². The first-order valence-electron chi connectivity index (χ1n) is 12.0. The number of piperidine rings is 1. The molecule has 1 fully saturated rings. The standard InChI is InChI=1S/C27H30Cl2N4O3/c1-27(2,3)36-26(35)32-14-12-18(13-15-32)24-22(17-31-33(24)21-10-8-20(28)9-11-21)25(34)30-16-19-6-4-5-7-23(19)29/h4-11,17-18H,12-16H2,1-3H3,(H,30,34). The number of nitrogens with one attached hydrogen (secondary N) is 1. The van der Waals surface area contributed by atoms with Crippen molar-refractivity contribution in [3.63, 3.8) is 0 Å². The summed E-state index contributed by atoms with van der Waals surface area (Å²) >= 11 is 12.4. The minimum atomic E-state index is -0.548. The lowest BCUT2D eigenvalue weighted by atomic mass is 9.91. The molecule has 1 aromatic heterocycles. The molecule has 1 saturated heterocycles. The van der Waals surface area contributed by atoms with Gasteiger partial charge in [0.25, 0.3) is 5.91 Å². The molecule has 0 radical (unpaired) electrons. The first-order valence-corrected chi connectivity index (χ1v) is 12.7. The lowest BCUT2D eigenvalue weighted by molar-refractivity contribution is 0.0203. The molecule has 0 aliphatic carbocycles. The van der Waals surface area contributed by atoms with Gasteiger partial charge in [-0.3, -0.25) is 4.79 Å². The van der Waals surface area contributed by atoms with Crippen LogP contribution in [0.25, 0.3) is 5.69 Å². The highest BCUT2D eigenvalue weighted by Gasteiger charge is 2.32. The number of ether oxygens (including phenoxy) is 1. The number of hydrogen-bond donors (Lipinski definition) is 1. The van der Waals surface area contributed by atoms with Gasteiger partial charge in [-0.15, -0.1) is 0 Å². The molecule has 0 spiro atoms. The fourth-order valence-electron chi connectivity index (χ4n) is 4.29. The molecule has 1 aliphatic rings. The predicted octanol–water partition coefficient (Wildman–Crippen LogP) is 6.22. The Bertz CT molecular complexity index is 1230. The van der Waals surface area contributed by atoms with Crippen LogP contribution in [0, 0.1) is 0 Å². The van der Waals surface area contributed by atoms with Crippen molar-refractivity contribution in [1.82, 2.24) is 20.0 Å². The monoisotopic (exact) mass is 528 g/mol. The summed E-state index contributed by atoms with van der Waals surface area (Å²) in [5.74, 6) is -0.192. The van der Waals surface area contributed by atoms with Crippen LogP contribution in [0.2, 0.25) is 10.0 Å². The Morgan fingerprint density at radius 3 is 2.36 bits per heavy atom. The van der Waals surface area contributed by atoms with Crippen molar-refractivity contribution in [2.24, 2.45) is 0 Å². The molecule has 0 bridgehead atoms. The third kappa shape index (κ3) is 6.20. The van der Waals surface area contributed by atoms with Crippen LogP contribution in [-0.4, -0.2) is 45.4 Å². The average Bonchev–Trinajstić information content (AvgIpc) is 3.28. The van der Waals surface area contributed by atoms with Gasteiger partial charge in [-0.1, -0.05) is 41.4 Å². The van der Waals surface area contributed by atoms with Crippen molar-refractivity contribution in [1.29, 1.82) is 0 Å². The molecule has 4 rings (SSSR count). The quantitative estimate of drug-likeness (QED) is 0.426. The van der Waals surface area contributed by atoms with E-state index in [1.54, 1.807) is 34.0 Å². The van der Waals surface area contributed by atoms with E-state index in [4.69, 9.17) is 27.9 Å². The summed E-state index contributed by atoms with van der Waals surface area (Å²) in [6, 6.07) is 14.8. The molecule has 36 heavy (non-hydrogen) atoms. The number of rotatable bonds is 5. The Morgan fingerprint density at radius 2 is 1.72 bits per heavy atom. The minimum absolute atomic E-state index is 0.0305. The molecule has 1 N–H and O–H groups in total. The van der Waals surface area contributed by atoms with E-state index in [0.717, 1.165) is 16.9 Å². The van der Waals surface area contributed by atoms with Gasteiger partial charge in [0.15, 0.2) is 0 Å². The highest BCUT2D eigenvalue weighted by Crippen LogP contribution is 2.33. The molecule has 0 atom stereocenters. The second-order valence-corrected chi connectivity index (χ2v) is 10.7. The fourth-order valence-corrected chi connectivity index (χ4v) is 4.62. The molecule has 1 aliphatic heterocycles. The highest BCUT2D eigenvalue weighted by molar-refractivity contribution is 6.31. The van der Waals surface area contributed by atoms with E-state index in [0.29, 0.717) is 48.1 Å². The molecular weight excluding hydrogens is 499 g/mol. The number of amides is 2. The molecular formula is C27H30Cl2N4O3. The average molecular weight is 529 g/mol. The number of aromatic nitrogens is 2. The van der Waals surface area contributed by atoms with E-state index < -0.39 is 5.60 Å². The van der Waals surface area contributed by atoms with Crippen LogP contribution in [-0.2, 0) is 11.3 Å². The van der Waals surface area contributed by atoms with Crippen LogP contribution in [0.1, 0.15) is 61.1 Å². The topological polar surface area (TPSA) is 76.5 Å². The van der Waals surface area contributed by atoms with Crippen LogP contribution >= 0.6 is 23.2 Å². The van der Waals surface area contributed by atoms with Crippen molar-refractivity contribution in [2.75, 3.05) is 13.1 Å². The van der Waals surface area contributed by atoms with E-state index in [9.17, 15) is 9.59 Å². The van der Waals surface area contributed by atoms with Crippen LogP contribution in [0.5, 0.6) is 0 Å². The molecule has 3 aromatic rings. The van der Waals surface area contributed by atoms with Crippen molar-refractivity contribution >= 4 is 35.2 Å². The number of carbonyl (C=O) groups excluding carboxylic acids is 2. The van der Waals surface area contributed by atoms with Crippen LogP contribution in [0.3, 0.4) is 0 Å². The zero-order valence-electron chi connectivity index (χ0n) is 20.6. The molecule has 7 nitrogen and oxygen atoms in total. The summed E-state index contributed by atoms with van der Waals surface area (Å²) in [5, 5.41) is 8.77. The van der Waals surface area contributed by atoms with Crippen molar-refractivity contribution in [3.05, 3.63) is 81.6 Å². The normalized spacial score (nSPS) is 14.5. The summed E-state index contributed by atoms with van der Waals surface area (Å²) < 4.78 is 7.34. The summed E-state index contributed by atoms with van der Waals surface area (Å²) in [5.41, 5.74) is 2.43. The number of nitrogens with zero attached hydrogens (tertiary/aromatic N) is 3. The van der Waals surface area contributed by atoms with E-state index in [1.807, 2.05) is 51.1 Å². The second kappa shape index (κ2) is 10.9. The highest BCUT2D eigenvalue weighted by atomic mass is 35.5. The minimum Gasteiger partial charge on any atom is -0.444 e. The number of hydrogen-bond acceptors (Lipinski definition) is 4. The maximum Gasteiger partial charge on any atom is 0.410 e. The van der Waals surface area contributed by atoms with Crippen molar-refractivity contribution in [2.45, 2.75) is 51.7 Å². The molecule has 0 saturated carbocycles. The van der Waals surface area contributed by atoms with Gasteiger partial charge < -0.3 is 15.0 Å². The second-order valence-electron chi connectivity index (χ2n) is 9.85. The van der Waals surface area contributed by atoms with Crippen LogP contribution in [0.4, 0.5) is 4.79 Å². The Kier molecular flexibility index (Phi) is 7.91. The Morgan fingerprint density at radius 1 is 1.06 bits per heavy atom. The maximum absolute atomic E-state index is 13.3. The first kappa shape index (κ1) is 26.0. The molecule has 9 heteroatoms. The summed E-state index contributed by atoms with van der Waals surface area (Å²) in [4.78, 5) is 27.6. The van der Waals surface area contributed by atoms with Gasteiger partial charge in [-0.05, 0) is 69.5 Å². The summed E-state index contributed by atoms with van der Waals surface area (Å²) in [7, 11) is 0. The van der Waals surface area contributed by atoms with Gasteiger partial charge in [0.2, 0.25) is 0 Å². The third-order valence-corrected chi connectivity index (χ3v) is 6.67. The van der Waals surface area contributed by atoms with Crippen LogP contribution in [0.15, 0.2) is 54.7 Å². The van der Waals surface area contributed by atoms with Crippen LogP contribution < -0.4 is 5.32 Å². The largest absolute Gasteiger partial charge is 0.444 e. The molecule has 2 aromatic carbocycles.